The molecule has 10 heteroatoms. The fraction of sp³-hybridized carbons (Fsp3) is 0.391. The molecular formula is C23H27N5O4S. The van der Waals surface area contributed by atoms with Crippen LogP contribution in [0.15, 0.2) is 24.3 Å². The number of rotatable bonds is 8. The number of methoxy groups -OCH3 is 2. The van der Waals surface area contributed by atoms with Crippen LogP contribution in [-0.2, 0) is 22.7 Å². The van der Waals surface area contributed by atoms with Gasteiger partial charge in [-0.05, 0) is 49.6 Å². The maximum absolute atomic E-state index is 13.1. The summed E-state index contributed by atoms with van der Waals surface area (Å²) >= 11 is 1.30. The minimum atomic E-state index is -0.288. The molecule has 4 rings (SSSR count). The standard InChI is InChI=1S/C23H27N5O4S/c1-13-18-22(32-3)26-17(12-31-2)27-23(18)33-19(13)21(30)25-15-7-4-6-14(10-15)11-28-9-5-8-16(28)20(24)29/h4,6-7,10,16H,5,8-9,11-12H2,1-3H3,(H2,24,29)(H,25,30). The molecule has 1 aliphatic rings. The predicted octanol–water partition coefficient (Wildman–Crippen LogP) is 2.86. The van der Waals surface area contributed by atoms with Gasteiger partial charge in [-0.25, -0.2) is 4.98 Å². The monoisotopic (exact) mass is 469 g/mol. The molecule has 3 N–H and O–H groups in total. The number of fused-ring (bicyclic) bond motifs is 1. The molecule has 1 atom stereocenters. The van der Waals surface area contributed by atoms with Crippen molar-refractivity contribution in [2.75, 3.05) is 26.1 Å². The van der Waals surface area contributed by atoms with E-state index in [1.54, 1.807) is 14.2 Å². The summed E-state index contributed by atoms with van der Waals surface area (Å²) in [4.78, 5) is 37.0. The molecule has 0 saturated carbocycles. The molecule has 0 aliphatic carbocycles. The van der Waals surface area contributed by atoms with Crippen LogP contribution in [-0.4, -0.2) is 53.5 Å². The van der Waals surface area contributed by atoms with Crippen molar-refractivity contribution in [3.8, 4) is 5.88 Å². The Bertz CT molecular complexity index is 1200. The van der Waals surface area contributed by atoms with Crippen molar-refractivity contribution in [1.29, 1.82) is 0 Å². The van der Waals surface area contributed by atoms with Crippen molar-refractivity contribution < 1.29 is 19.1 Å². The number of carbonyl (C=O) groups is 2. The molecule has 3 heterocycles. The van der Waals surface area contributed by atoms with E-state index in [0.717, 1.165) is 35.9 Å². The third-order valence-corrected chi connectivity index (χ3v) is 6.92. The van der Waals surface area contributed by atoms with Crippen LogP contribution in [0.3, 0.4) is 0 Å². The summed E-state index contributed by atoms with van der Waals surface area (Å²) in [6, 6.07) is 7.41. The summed E-state index contributed by atoms with van der Waals surface area (Å²) in [7, 11) is 3.12. The lowest BCUT2D eigenvalue weighted by Crippen LogP contribution is -2.39. The minimum absolute atomic E-state index is 0.223. The van der Waals surface area contributed by atoms with Gasteiger partial charge in [-0.15, -0.1) is 11.3 Å². The molecule has 1 unspecified atom stereocenters. The molecule has 1 aromatic carbocycles. The Morgan fingerprint density at radius 1 is 1.30 bits per heavy atom. The fourth-order valence-corrected chi connectivity index (χ4v) is 5.30. The average Bonchev–Trinajstić information content (AvgIpc) is 3.38. The average molecular weight is 470 g/mol. The molecule has 0 radical (unpaired) electrons. The van der Waals surface area contributed by atoms with Gasteiger partial charge in [-0.3, -0.25) is 14.5 Å². The predicted molar refractivity (Wildman–Crippen MR) is 126 cm³/mol. The third kappa shape index (κ3) is 4.82. The molecule has 1 aliphatic heterocycles. The second-order valence-electron chi connectivity index (χ2n) is 8.00. The summed E-state index contributed by atoms with van der Waals surface area (Å²) in [6.45, 7) is 3.56. The van der Waals surface area contributed by atoms with Crippen LogP contribution in [0, 0.1) is 6.92 Å². The second kappa shape index (κ2) is 9.82. The van der Waals surface area contributed by atoms with Crippen LogP contribution in [0.5, 0.6) is 5.88 Å². The first kappa shape index (κ1) is 23.1. The maximum atomic E-state index is 13.1. The Morgan fingerprint density at radius 3 is 2.85 bits per heavy atom. The number of anilines is 1. The maximum Gasteiger partial charge on any atom is 0.266 e. The third-order valence-electron chi connectivity index (χ3n) is 5.74. The smallest absolute Gasteiger partial charge is 0.266 e. The largest absolute Gasteiger partial charge is 0.480 e. The van der Waals surface area contributed by atoms with Gasteiger partial charge in [0.1, 0.15) is 11.4 Å². The summed E-state index contributed by atoms with van der Waals surface area (Å²) in [5.41, 5.74) is 7.99. The van der Waals surface area contributed by atoms with Gasteiger partial charge in [0.25, 0.3) is 5.91 Å². The van der Waals surface area contributed by atoms with Crippen molar-refractivity contribution in [3.63, 3.8) is 0 Å². The van der Waals surface area contributed by atoms with Gasteiger partial charge < -0.3 is 20.5 Å². The van der Waals surface area contributed by atoms with Gasteiger partial charge in [-0.1, -0.05) is 12.1 Å². The van der Waals surface area contributed by atoms with E-state index in [4.69, 9.17) is 15.2 Å². The lowest BCUT2D eigenvalue weighted by Gasteiger charge is -2.22. The molecular weight excluding hydrogens is 442 g/mol. The highest BCUT2D eigenvalue weighted by Crippen LogP contribution is 2.35. The fourth-order valence-electron chi connectivity index (χ4n) is 4.21. The van der Waals surface area contributed by atoms with Crippen LogP contribution in [0.1, 0.15) is 39.5 Å². The van der Waals surface area contributed by atoms with E-state index in [1.807, 2.05) is 31.2 Å². The number of amides is 2. The van der Waals surface area contributed by atoms with Crippen molar-refractivity contribution in [1.82, 2.24) is 14.9 Å². The van der Waals surface area contributed by atoms with Gasteiger partial charge in [0, 0.05) is 19.3 Å². The molecule has 9 nitrogen and oxygen atoms in total. The zero-order chi connectivity index (χ0) is 23.5. The number of primary amides is 1. The van der Waals surface area contributed by atoms with Crippen LogP contribution in [0.2, 0.25) is 0 Å². The van der Waals surface area contributed by atoms with Crippen LogP contribution < -0.4 is 15.8 Å². The Labute approximate surface area is 195 Å². The lowest BCUT2D eigenvalue weighted by atomic mass is 10.1. The Balaban J connectivity index is 1.55. The molecule has 174 valence electrons. The number of hydrogen-bond donors (Lipinski definition) is 2. The summed E-state index contributed by atoms with van der Waals surface area (Å²) in [5, 5.41) is 3.71. The number of nitrogens with one attached hydrogen (secondary N) is 1. The van der Waals surface area contributed by atoms with Gasteiger partial charge in [0.15, 0.2) is 5.82 Å². The molecule has 0 bridgehead atoms. The van der Waals surface area contributed by atoms with Crippen molar-refractivity contribution in [2.45, 2.75) is 39.0 Å². The van der Waals surface area contributed by atoms with E-state index in [1.165, 1.54) is 11.3 Å². The number of hydrogen-bond acceptors (Lipinski definition) is 8. The SMILES string of the molecule is COCc1nc(OC)c2c(C)c(C(=O)Nc3cccc(CN4CCCC4C(N)=O)c3)sc2n1. The number of ether oxygens (including phenoxy) is 2. The molecule has 1 fully saturated rings. The van der Waals surface area contributed by atoms with Crippen molar-refractivity contribution in [2.24, 2.45) is 5.73 Å². The van der Waals surface area contributed by atoms with Gasteiger partial charge in [0.2, 0.25) is 11.8 Å². The van der Waals surface area contributed by atoms with E-state index in [0.29, 0.717) is 33.6 Å². The van der Waals surface area contributed by atoms with Crippen molar-refractivity contribution in [3.05, 3.63) is 46.1 Å². The summed E-state index contributed by atoms with van der Waals surface area (Å²) in [6.07, 6.45) is 1.74. The first-order valence-electron chi connectivity index (χ1n) is 10.7. The van der Waals surface area contributed by atoms with E-state index >= 15 is 0 Å². The number of thiophene rings is 1. The number of nitrogens with two attached hydrogens (primary N) is 1. The highest BCUT2D eigenvalue weighted by atomic mass is 32.1. The second-order valence-corrected chi connectivity index (χ2v) is 9.00. The Kier molecular flexibility index (Phi) is 6.87. The Hall–Kier alpha value is -3.08. The summed E-state index contributed by atoms with van der Waals surface area (Å²) < 4.78 is 10.6. The lowest BCUT2D eigenvalue weighted by molar-refractivity contribution is -0.122. The number of likely N-dealkylation sites (tertiary alicyclic amines) is 1. The van der Waals surface area contributed by atoms with Crippen LogP contribution in [0.4, 0.5) is 5.69 Å². The molecule has 3 aromatic rings. The summed E-state index contributed by atoms with van der Waals surface area (Å²) in [5.74, 6) is 0.416. The molecule has 33 heavy (non-hydrogen) atoms. The van der Waals surface area contributed by atoms with Crippen molar-refractivity contribution >= 4 is 39.1 Å². The van der Waals surface area contributed by atoms with E-state index in [9.17, 15) is 9.59 Å². The first-order chi connectivity index (χ1) is 15.9. The quantitative estimate of drug-likeness (QED) is 0.520. The van der Waals surface area contributed by atoms with Crippen LogP contribution >= 0.6 is 11.3 Å². The number of nitrogens with zero attached hydrogens (tertiary/aromatic N) is 3. The molecule has 0 spiro atoms. The highest BCUT2D eigenvalue weighted by molar-refractivity contribution is 7.20. The van der Waals surface area contributed by atoms with E-state index in [2.05, 4.69) is 20.2 Å². The topological polar surface area (TPSA) is 120 Å². The number of benzene rings is 1. The normalized spacial score (nSPS) is 16.3. The number of aryl methyl sites for hydroxylation is 1. The molecule has 2 aromatic heterocycles. The van der Waals surface area contributed by atoms with Gasteiger partial charge >= 0.3 is 0 Å². The van der Waals surface area contributed by atoms with Gasteiger partial charge in [-0.2, -0.15) is 4.98 Å². The van der Waals surface area contributed by atoms with Gasteiger partial charge in [0.05, 0.1) is 23.4 Å². The number of aromatic nitrogens is 2. The Morgan fingerprint density at radius 2 is 2.12 bits per heavy atom. The number of carbonyl (C=O) groups excluding carboxylic acids is 2. The zero-order valence-corrected chi connectivity index (χ0v) is 19.7. The van der Waals surface area contributed by atoms with E-state index < -0.39 is 0 Å². The highest BCUT2D eigenvalue weighted by Gasteiger charge is 2.29. The van der Waals surface area contributed by atoms with Crippen LogP contribution in [0.25, 0.3) is 10.2 Å². The zero-order valence-electron chi connectivity index (χ0n) is 18.9. The van der Waals surface area contributed by atoms with E-state index in [-0.39, 0.29) is 24.5 Å². The minimum Gasteiger partial charge on any atom is -0.480 e. The molecule has 1 saturated heterocycles. The molecule has 2 amide bonds. The first-order valence-corrected chi connectivity index (χ1v) is 11.5.